The molecule has 8 nitrogen and oxygen atoms in total. The molecule has 1 rings (SSSR count). The number of primary amides is 1. The van der Waals surface area contributed by atoms with Crippen molar-refractivity contribution in [3.8, 4) is 0 Å². The van der Waals surface area contributed by atoms with E-state index in [0.717, 1.165) is 6.26 Å². The highest BCUT2D eigenvalue weighted by Crippen LogP contribution is 2.26. The maximum atomic E-state index is 11.1. The zero-order valence-electron chi connectivity index (χ0n) is 7.92. The van der Waals surface area contributed by atoms with E-state index in [1.807, 2.05) is 5.32 Å². The van der Waals surface area contributed by atoms with Crippen LogP contribution < -0.4 is 11.1 Å². The number of carboxylic acids is 1. The van der Waals surface area contributed by atoms with E-state index < -0.39 is 26.2 Å². The van der Waals surface area contributed by atoms with Gasteiger partial charge in [-0.1, -0.05) is 11.3 Å². The summed E-state index contributed by atoms with van der Waals surface area (Å²) in [6, 6.07) is -1.02. The van der Waals surface area contributed by atoms with Crippen LogP contribution in [0.3, 0.4) is 0 Å². The van der Waals surface area contributed by atoms with E-state index in [2.05, 4.69) is 4.98 Å². The standard InChI is InChI=1S/C6H7N3O5S2/c1-16(13,14)6-9-3(8-5(7)12)2(15-6)4(10)11/h1H3,(H,10,11)(H3,7,8,12). The van der Waals surface area contributed by atoms with Crippen molar-refractivity contribution in [2.24, 2.45) is 5.73 Å². The molecule has 0 atom stereocenters. The number of hydrogen-bond donors (Lipinski definition) is 3. The molecule has 0 aliphatic carbocycles. The Kier molecular flexibility index (Phi) is 3.14. The minimum atomic E-state index is -3.62. The molecule has 0 saturated heterocycles. The van der Waals surface area contributed by atoms with Gasteiger partial charge in [0, 0.05) is 6.26 Å². The molecule has 10 heteroatoms. The topological polar surface area (TPSA) is 139 Å². The van der Waals surface area contributed by atoms with Crippen molar-refractivity contribution >= 4 is 39.0 Å². The lowest BCUT2D eigenvalue weighted by Gasteiger charge is -1.96. The zero-order valence-corrected chi connectivity index (χ0v) is 9.55. The summed E-state index contributed by atoms with van der Waals surface area (Å²) in [7, 11) is -3.62. The molecular weight excluding hydrogens is 258 g/mol. The van der Waals surface area contributed by atoms with Gasteiger partial charge < -0.3 is 10.8 Å². The SMILES string of the molecule is CS(=O)(=O)c1nc(NC(N)=O)c(C(=O)O)s1. The Morgan fingerprint density at radius 2 is 2.06 bits per heavy atom. The van der Waals surface area contributed by atoms with Crippen LogP contribution in [0, 0.1) is 0 Å². The van der Waals surface area contributed by atoms with Crippen LogP contribution in [-0.2, 0) is 9.84 Å². The molecular formula is C6H7N3O5S2. The number of aromatic carboxylic acids is 1. The van der Waals surface area contributed by atoms with Gasteiger partial charge >= 0.3 is 12.0 Å². The van der Waals surface area contributed by atoms with Gasteiger partial charge in [-0.2, -0.15) is 0 Å². The average Bonchev–Trinajstić information content (AvgIpc) is 2.45. The number of carbonyl (C=O) groups excluding carboxylic acids is 1. The van der Waals surface area contributed by atoms with Crippen LogP contribution in [0.25, 0.3) is 0 Å². The minimum absolute atomic E-state index is 0.370. The van der Waals surface area contributed by atoms with Gasteiger partial charge in [0.15, 0.2) is 10.7 Å². The highest BCUT2D eigenvalue weighted by Gasteiger charge is 2.23. The first-order chi connectivity index (χ1) is 7.21. The van der Waals surface area contributed by atoms with Gasteiger partial charge in [-0.25, -0.2) is 23.0 Å². The van der Waals surface area contributed by atoms with Gasteiger partial charge in [0.25, 0.3) is 0 Å². The summed E-state index contributed by atoms with van der Waals surface area (Å²) in [5, 5.41) is 10.7. The molecule has 4 N–H and O–H groups in total. The second-order valence-corrected chi connectivity index (χ2v) is 5.91. The number of rotatable bonds is 3. The fourth-order valence-corrected chi connectivity index (χ4v) is 2.51. The first-order valence-corrected chi connectivity index (χ1v) is 6.43. The van der Waals surface area contributed by atoms with E-state index in [4.69, 9.17) is 10.8 Å². The van der Waals surface area contributed by atoms with Crippen molar-refractivity contribution in [2.75, 3.05) is 11.6 Å². The number of urea groups is 1. The Morgan fingerprint density at radius 1 is 1.50 bits per heavy atom. The first-order valence-electron chi connectivity index (χ1n) is 3.72. The van der Waals surface area contributed by atoms with Gasteiger partial charge in [0.05, 0.1) is 0 Å². The van der Waals surface area contributed by atoms with E-state index in [1.165, 1.54) is 0 Å². The monoisotopic (exact) mass is 265 g/mol. The highest BCUT2D eigenvalue weighted by atomic mass is 32.2. The van der Waals surface area contributed by atoms with Gasteiger partial charge in [-0.3, -0.25) is 5.32 Å². The van der Waals surface area contributed by atoms with Crippen molar-refractivity contribution in [3.05, 3.63) is 4.88 Å². The zero-order chi connectivity index (χ0) is 12.5. The van der Waals surface area contributed by atoms with E-state index in [1.54, 1.807) is 0 Å². The van der Waals surface area contributed by atoms with Crippen molar-refractivity contribution in [3.63, 3.8) is 0 Å². The molecule has 88 valence electrons. The molecule has 0 spiro atoms. The van der Waals surface area contributed by atoms with Crippen LogP contribution in [-0.4, -0.2) is 36.8 Å². The molecule has 0 aromatic carbocycles. The first kappa shape index (κ1) is 12.4. The van der Waals surface area contributed by atoms with Crippen molar-refractivity contribution in [2.45, 2.75) is 4.34 Å². The van der Waals surface area contributed by atoms with Crippen LogP contribution in [0.15, 0.2) is 4.34 Å². The van der Waals surface area contributed by atoms with Crippen LogP contribution in [0.4, 0.5) is 10.6 Å². The number of anilines is 1. The number of sulfone groups is 1. The molecule has 0 unspecified atom stereocenters. The predicted molar refractivity (Wildman–Crippen MR) is 55.4 cm³/mol. The molecule has 1 heterocycles. The summed E-state index contributed by atoms with van der Waals surface area (Å²) < 4.78 is 21.8. The molecule has 2 amide bonds. The van der Waals surface area contributed by atoms with Gasteiger partial charge in [-0.05, 0) is 0 Å². The molecule has 1 aromatic heterocycles. The maximum absolute atomic E-state index is 11.1. The van der Waals surface area contributed by atoms with Gasteiger partial charge in [-0.15, -0.1) is 0 Å². The van der Waals surface area contributed by atoms with Crippen molar-refractivity contribution < 1.29 is 23.1 Å². The largest absolute Gasteiger partial charge is 0.477 e. The normalized spacial score (nSPS) is 11.1. The lowest BCUT2D eigenvalue weighted by atomic mass is 10.5. The molecule has 16 heavy (non-hydrogen) atoms. The number of carboxylic acid groups (broad SMARTS) is 1. The average molecular weight is 265 g/mol. The summed E-state index contributed by atoms with van der Waals surface area (Å²) in [5.41, 5.74) is 4.78. The van der Waals surface area contributed by atoms with E-state index in [-0.39, 0.29) is 10.7 Å². The number of hydrogen-bond acceptors (Lipinski definition) is 6. The summed E-state index contributed by atoms with van der Waals surface area (Å²) >= 11 is 0.448. The third kappa shape index (κ3) is 2.67. The number of amides is 2. The number of aromatic nitrogens is 1. The summed E-state index contributed by atoms with van der Waals surface area (Å²) in [6.07, 6.45) is 0.880. The van der Waals surface area contributed by atoms with E-state index in [0.29, 0.717) is 11.3 Å². The third-order valence-corrected chi connectivity index (χ3v) is 4.08. The number of nitrogens with two attached hydrogens (primary N) is 1. The second-order valence-electron chi connectivity index (χ2n) is 2.72. The smallest absolute Gasteiger partial charge is 0.349 e. The molecule has 1 aromatic rings. The minimum Gasteiger partial charge on any atom is -0.477 e. The van der Waals surface area contributed by atoms with Crippen LogP contribution in [0.5, 0.6) is 0 Å². The third-order valence-electron chi connectivity index (χ3n) is 1.36. The Morgan fingerprint density at radius 3 is 2.44 bits per heavy atom. The lowest BCUT2D eigenvalue weighted by Crippen LogP contribution is -2.20. The number of nitrogens with zero attached hydrogens (tertiary/aromatic N) is 1. The Balaban J connectivity index is 3.31. The fraction of sp³-hybridized carbons (Fsp3) is 0.167. The predicted octanol–water partition coefficient (Wildman–Crippen LogP) is -0.265. The second kappa shape index (κ2) is 4.06. The molecule has 0 fully saturated rings. The molecule has 0 radical (unpaired) electrons. The molecule has 0 saturated carbocycles. The van der Waals surface area contributed by atoms with Crippen LogP contribution in [0.2, 0.25) is 0 Å². The quantitative estimate of drug-likeness (QED) is 0.687. The Bertz CT molecular complexity index is 547. The Hall–Kier alpha value is -1.68. The number of nitrogens with one attached hydrogen (secondary N) is 1. The molecule has 0 aliphatic heterocycles. The van der Waals surface area contributed by atoms with Crippen LogP contribution >= 0.6 is 11.3 Å². The Labute approximate surface area is 94.0 Å². The molecule has 0 bridgehead atoms. The van der Waals surface area contributed by atoms with Gasteiger partial charge in [0.1, 0.15) is 0 Å². The van der Waals surface area contributed by atoms with E-state index >= 15 is 0 Å². The van der Waals surface area contributed by atoms with Gasteiger partial charge in [0.2, 0.25) is 14.2 Å². The summed E-state index contributed by atoms with van der Waals surface area (Å²) in [5.74, 6) is -1.76. The number of thiazole rings is 1. The van der Waals surface area contributed by atoms with Crippen LogP contribution in [0.1, 0.15) is 9.67 Å². The van der Waals surface area contributed by atoms with E-state index in [9.17, 15) is 18.0 Å². The number of carbonyl (C=O) groups is 2. The van der Waals surface area contributed by atoms with Crippen molar-refractivity contribution in [1.29, 1.82) is 0 Å². The maximum Gasteiger partial charge on any atom is 0.349 e. The van der Waals surface area contributed by atoms with Crippen molar-refractivity contribution in [1.82, 2.24) is 4.98 Å². The fourth-order valence-electron chi connectivity index (χ4n) is 0.805. The summed E-state index contributed by atoms with van der Waals surface area (Å²) in [6.45, 7) is 0. The molecule has 0 aliphatic rings. The lowest BCUT2D eigenvalue weighted by molar-refractivity contribution is 0.0703. The highest BCUT2D eigenvalue weighted by molar-refractivity contribution is 7.92. The summed E-state index contributed by atoms with van der Waals surface area (Å²) in [4.78, 5) is 24.4.